The number of rotatable bonds is 7. The first-order valence-corrected chi connectivity index (χ1v) is 14.5. The number of carbonyl (C=O) groups is 1. The SMILES string of the molecule is CCNC(=O)C1([C@@H]2[C@@H](OCc3ccccc3)O[C@@H]3COC(c4ccccc4)O[C@H]3[C@@H]2O)COC2(CCCCC2)O1. The number of hydrogen-bond donors (Lipinski definition) is 2. The number of aliphatic hydroxyl groups is 1. The summed E-state index contributed by atoms with van der Waals surface area (Å²) in [7, 11) is 0. The zero-order valence-electron chi connectivity index (χ0n) is 22.9. The first kappa shape index (κ1) is 27.8. The van der Waals surface area contributed by atoms with Crippen molar-refractivity contribution >= 4 is 5.91 Å². The van der Waals surface area contributed by atoms with Gasteiger partial charge in [0.2, 0.25) is 0 Å². The Bertz CT molecular complexity index is 1130. The summed E-state index contributed by atoms with van der Waals surface area (Å²) in [6, 6.07) is 19.3. The van der Waals surface area contributed by atoms with E-state index in [1.54, 1.807) is 0 Å². The standard InChI is InChI=1S/C31H39NO8/c1-2-32-29(34)31(20-37-30(40-31)16-10-5-11-17-30)24-25(33)26-23(19-36-27(39-26)22-14-8-4-9-15-22)38-28(24)35-18-21-12-6-3-7-13-21/h3-4,6-9,12-15,23-28,33H,2,5,10-11,16-20H2,1H3,(H,32,34)/t23-,24+,25-,26-,27?,28+,31?/m1/s1. The molecule has 2 N–H and O–H groups in total. The van der Waals surface area contributed by atoms with Crippen molar-refractivity contribution in [1.82, 2.24) is 5.32 Å². The van der Waals surface area contributed by atoms with Gasteiger partial charge >= 0.3 is 0 Å². The lowest BCUT2D eigenvalue weighted by Gasteiger charge is -2.51. The van der Waals surface area contributed by atoms with Crippen LogP contribution in [0.2, 0.25) is 0 Å². The molecule has 6 rings (SSSR count). The van der Waals surface area contributed by atoms with E-state index < -0.39 is 48.2 Å². The van der Waals surface area contributed by atoms with Gasteiger partial charge in [0.25, 0.3) is 5.91 Å². The molecule has 3 saturated heterocycles. The van der Waals surface area contributed by atoms with Crippen LogP contribution in [0.3, 0.4) is 0 Å². The van der Waals surface area contributed by atoms with Gasteiger partial charge in [-0.05, 0) is 25.3 Å². The minimum absolute atomic E-state index is 0.00881. The van der Waals surface area contributed by atoms with Gasteiger partial charge in [0, 0.05) is 24.9 Å². The Morgan fingerprint density at radius 1 is 1.02 bits per heavy atom. The number of fused-ring (bicyclic) bond motifs is 1. The second kappa shape index (κ2) is 11.9. The number of benzene rings is 2. The van der Waals surface area contributed by atoms with Crippen molar-refractivity contribution in [3.63, 3.8) is 0 Å². The zero-order valence-corrected chi connectivity index (χ0v) is 22.9. The van der Waals surface area contributed by atoms with Gasteiger partial charge in [-0.25, -0.2) is 0 Å². The number of aliphatic hydroxyl groups excluding tert-OH is 1. The predicted octanol–water partition coefficient (Wildman–Crippen LogP) is 3.60. The topological polar surface area (TPSA) is 105 Å². The van der Waals surface area contributed by atoms with Gasteiger partial charge < -0.3 is 38.8 Å². The second-order valence-corrected chi connectivity index (χ2v) is 11.1. The zero-order chi connectivity index (χ0) is 27.6. The molecular formula is C31H39NO8. The number of hydrogen-bond acceptors (Lipinski definition) is 8. The molecule has 4 fully saturated rings. The van der Waals surface area contributed by atoms with Crippen LogP contribution in [0.1, 0.15) is 56.4 Å². The third-order valence-electron chi connectivity index (χ3n) is 8.49. The Morgan fingerprint density at radius 2 is 1.75 bits per heavy atom. The number of carbonyl (C=O) groups excluding carboxylic acids is 1. The molecule has 0 bridgehead atoms. The monoisotopic (exact) mass is 553 g/mol. The van der Waals surface area contributed by atoms with Crippen LogP contribution in [0.5, 0.6) is 0 Å². The van der Waals surface area contributed by atoms with Gasteiger partial charge in [0.1, 0.15) is 12.2 Å². The Morgan fingerprint density at radius 3 is 2.48 bits per heavy atom. The maximum Gasteiger partial charge on any atom is 0.255 e. The van der Waals surface area contributed by atoms with Crippen molar-refractivity contribution < 1.29 is 38.3 Å². The molecule has 2 unspecified atom stereocenters. The van der Waals surface area contributed by atoms with Crippen LogP contribution in [-0.4, -0.2) is 66.8 Å². The molecule has 3 aliphatic heterocycles. The summed E-state index contributed by atoms with van der Waals surface area (Å²) in [6.45, 7) is 2.69. The molecule has 1 amide bonds. The van der Waals surface area contributed by atoms with Crippen molar-refractivity contribution in [2.45, 2.75) is 87.9 Å². The van der Waals surface area contributed by atoms with Gasteiger partial charge in [-0.2, -0.15) is 0 Å². The quantitative estimate of drug-likeness (QED) is 0.536. The normalized spacial score (nSPS) is 35.2. The van der Waals surface area contributed by atoms with Crippen molar-refractivity contribution in [2.75, 3.05) is 19.8 Å². The van der Waals surface area contributed by atoms with Crippen LogP contribution in [0, 0.1) is 5.92 Å². The number of amides is 1. The molecule has 9 nitrogen and oxygen atoms in total. The fraction of sp³-hybridized carbons (Fsp3) is 0.581. The summed E-state index contributed by atoms with van der Waals surface area (Å²) < 4.78 is 38.2. The van der Waals surface area contributed by atoms with Crippen LogP contribution in [0.4, 0.5) is 0 Å². The van der Waals surface area contributed by atoms with E-state index >= 15 is 0 Å². The van der Waals surface area contributed by atoms with E-state index in [4.69, 9.17) is 28.4 Å². The molecule has 1 spiro atoms. The van der Waals surface area contributed by atoms with E-state index in [2.05, 4.69) is 5.32 Å². The molecule has 1 aliphatic carbocycles. The van der Waals surface area contributed by atoms with Crippen molar-refractivity contribution in [3.8, 4) is 0 Å². The first-order valence-electron chi connectivity index (χ1n) is 14.5. The number of ether oxygens (including phenoxy) is 6. The van der Waals surface area contributed by atoms with Gasteiger partial charge in [-0.3, -0.25) is 4.79 Å². The lowest BCUT2D eigenvalue weighted by atomic mass is 9.77. The highest BCUT2D eigenvalue weighted by molar-refractivity contribution is 5.86. The highest BCUT2D eigenvalue weighted by Gasteiger charge is 2.66. The van der Waals surface area contributed by atoms with Crippen molar-refractivity contribution in [1.29, 1.82) is 0 Å². The van der Waals surface area contributed by atoms with E-state index in [1.165, 1.54) is 0 Å². The Kier molecular flexibility index (Phi) is 8.23. The second-order valence-electron chi connectivity index (χ2n) is 11.1. The summed E-state index contributed by atoms with van der Waals surface area (Å²) >= 11 is 0. The van der Waals surface area contributed by atoms with Crippen LogP contribution < -0.4 is 5.32 Å². The summed E-state index contributed by atoms with van der Waals surface area (Å²) in [5, 5.41) is 15.0. The molecule has 2 aromatic rings. The highest BCUT2D eigenvalue weighted by Crippen LogP contribution is 2.50. The Hall–Kier alpha value is -2.37. The van der Waals surface area contributed by atoms with Gasteiger partial charge in [-0.15, -0.1) is 0 Å². The third-order valence-corrected chi connectivity index (χ3v) is 8.49. The fourth-order valence-corrected chi connectivity index (χ4v) is 6.47. The predicted molar refractivity (Wildman–Crippen MR) is 144 cm³/mol. The summed E-state index contributed by atoms with van der Waals surface area (Å²) in [5.41, 5.74) is 0.261. The van der Waals surface area contributed by atoms with E-state index in [1.807, 2.05) is 67.6 Å². The average molecular weight is 554 g/mol. The smallest absolute Gasteiger partial charge is 0.255 e. The van der Waals surface area contributed by atoms with Crippen molar-refractivity contribution in [2.24, 2.45) is 5.92 Å². The molecule has 1 saturated carbocycles. The molecular weight excluding hydrogens is 514 g/mol. The first-order chi connectivity index (χ1) is 19.5. The molecule has 3 heterocycles. The number of likely N-dealkylation sites (N-methyl/N-ethyl adjacent to an activating group) is 1. The Labute approximate surface area is 235 Å². The highest BCUT2D eigenvalue weighted by atomic mass is 16.8. The molecule has 9 heteroatoms. The average Bonchev–Trinajstić information content (AvgIpc) is 3.36. The maximum absolute atomic E-state index is 13.9. The van der Waals surface area contributed by atoms with E-state index in [9.17, 15) is 9.90 Å². The molecule has 0 radical (unpaired) electrons. The maximum atomic E-state index is 13.9. The van der Waals surface area contributed by atoms with Crippen LogP contribution in [-0.2, 0) is 39.8 Å². The lowest BCUT2D eigenvalue weighted by molar-refractivity contribution is -0.370. The van der Waals surface area contributed by atoms with E-state index in [0.717, 1.165) is 30.4 Å². The largest absolute Gasteiger partial charge is 0.390 e. The van der Waals surface area contributed by atoms with E-state index in [-0.39, 0.29) is 25.7 Å². The summed E-state index contributed by atoms with van der Waals surface area (Å²) in [6.07, 6.45) is 0.233. The van der Waals surface area contributed by atoms with Gasteiger partial charge in [0.15, 0.2) is 24.0 Å². The minimum atomic E-state index is -1.52. The van der Waals surface area contributed by atoms with Crippen molar-refractivity contribution in [3.05, 3.63) is 71.8 Å². The molecule has 216 valence electrons. The molecule has 2 aromatic carbocycles. The molecule has 4 aliphatic rings. The van der Waals surface area contributed by atoms with Gasteiger partial charge in [0.05, 0.1) is 31.8 Å². The Balaban J connectivity index is 1.33. The fourth-order valence-electron chi connectivity index (χ4n) is 6.47. The van der Waals surface area contributed by atoms with Crippen LogP contribution >= 0.6 is 0 Å². The lowest BCUT2D eigenvalue weighted by Crippen LogP contribution is -2.69. The van der Waals surface area contributed by atoms with E-state index in [0.29, 0.717) is 19.4 Å². The van der Waals surface area contributed by atoms with Crippen LogP contribution in [0.15, 0.2) is 60.7 Å². The van der Waals surface area contributed by atoms with Crippen LogP contribution in [0.25, 0.3) is 0 Å². The van der Waals surface area contributed by atoms with Gasteiger partial charge in [-0.1, -0.05) is 67.1 Å². The summed E-state index contributed by atoms with van der Waals surface area (Å²) in [4.78, 5) is 13.9. The summed E-state index contributed by atoms with van der Waals surface area (Å²) in [5.74, 6) is -2.13. The molecule has 0 aromatic heterocycles. The molecule has 7 atom stereocenters. The molecule has 40 heavy (non-hydrogen) atoms. The third kappa shape index (κ3) is 5.32. The number of nitrogens with one attached hydrogen (secondary N) is 1. The minimum Gasteiger partial charge on any atom is -0.390 e.